The van der Waals surface area contributed by atoms with Gasteiger partial charge in [0.25, 0.3) is 0 Å². The molecule has 0 saturated carbocycles. The zero-order valence-corrected chi connectivity index (χ0v) is 20.1. The molecule has 7 nitrogen and oxygen atoms in total. The molecule has 0 aliphatic carbocycles. The molecule has 0 amide bonds. The third kappa shape index (κ3) is 3.53. The SMILES string of the molecule is COc1cc(OC)cc(-n2c(N)c(-c3nc4ccccc4n3Cc3ccccc3)c3ncccc32)c1. The highest BCUT2D eigenvalue weighted by atomic mass is 16.5. The van der Waals surface area contributed by atoms with Crippen LogP contribution < -0.4 is 15.2 Å². The highest BCUT2D eigenvalue weighted by Gasteiger charge is 2.24. The lowest BCUT2D eigenvalue weighted by Crippen LogP contribution is -2.05. The number of para-hydroxylation sites is 2. The second kappa shape index (κ2) is 8.78. The first-order valence-corrected chi connectivity index (χ1v) is 11.7. The van der Waals surface area contributed by atoms with Crippen molar-refractivity contribution in [3.05, 3.63) is 96.7 Å². The summed E-state index contributed by atoms with van der Waals surface area (Å²) in [6, 6.07) is 28.1. The standard InChI is InChI=1S/C29H25N5O2/c1-35-21-15-20(16-22(17-21)36-2)34-25-13-8-14-31-27(25)26(28(34)30)29-32-23-11-6-7-12-24(23)33(29)18-19-9-4-3-5-10-19/h3-17H,18,30H2,1-2H3. The Morgan fingerprint density at radius 2 is 1.50 bits per heavy atom. The number of hydrogen-bond acceptors (Lipinski definition) is 5. The molecule has 6 rings (SSSR count). The van der Waals surface area contributed by atoms with Crippen LogP contribution in [0, 0.1) is 0 Å². The first-order chi connectivity index (χ1) is 17.7. The van der Waals surface area contributed by atoms with E-state index in [0.717, 1.165) is 39.1 Å². The van der Waals surface area contributed by atoms with Gasteiger partial charge in [0.2, 0.25) is 0 Å². The van der Waals surface area contributed by atoms with Crippen molar-refractivity contribution in [1.82, 2.24) is 19.1 Å². The van der Waals surface area contributed by atoms with Crippen molar-refractivity contribution in [2.45, 2.75) is 6.54 Å². The van der Waals surface area contributed by atoms with Crippen LogP contribution in [0.15, 0.2) is 91.1 Å². The average molecular weight is 476 g/mol. The fraction of sp³-hybridized carbons (Fsp3) is 0.103. The fourth-order valence-corrected chi connectivity index (χ4v) is 4.75. The molecular formula is C29H25N5O2. The number of rotatable bonds is 6. The molecule has 36 heavy (non-hydrogen) atoms. The maximum Gasteiger partial charge on any atom is 0.147 e. The molecule has 6 aromatic rings. The maximum absolute atomic E-state index is 6.94. The lowest BCUT2D eigenvalue weighted by molar-refractivity contribution is 0.394. The molecule has 0 spiro atoms. The maximum atomic E-state index is 6.94. The summed E-state index contributed by atoms with van der Waals surface area (Å²) in [4.78, 5) is 9.80. The number of nitrogens with two attached hydrogens (primary N) is 1. The Balaban J connectivity index is 1.64. The number of nitrogens with zero attached hydrogens (tertiary/aromatic N) is 4. The van der Waals surface area contributed by atoms with Crippen LogP contribution in [0.4, 0.5) is 5.82 Å². The molecule has 7 heteroatoms. The lowest BCUT2D eigenvalue weighted by Gasteiger charge is -2.13. The quantitative estimate of drug-likeness (QED) is 0.335. The second-order valence-corrected chi connectivity index (χ2v) is 8.53. The van der Waals surface area contributed by atoms with Crippen LogP contribution in [0.5, 0.6) is 11.5 Å². The van der Waals surface area contributed by atoms with E-state index >= 15 is 0 Å². The van der Waals surface area contributed by atoms with Crippen LogP contribution in [0.2, 0.25) is 0 Å². The van der Waals surface area contributed by atoms with E-state index in [1.54, 1.807) is 20.4 Å². The van der Waals surface area contributed by atoms with Crippen molar-refractivity contribution in [2.24, 2.45) is 0 Å². The van der Waals surface area contributed by atoms with Crippen LogP contribution in [-0.4, -0.2) is 33.3 Å². The van der Waals surface area contributed by atoms with Crippen molar-refractivity contribution in [2.75, 3.05) is 20.0 Å². The molecule has 178 valence electrons. The summed E-state index contributed by atoms with van der Waals surface area (Å²) in [6.07, 6.45) is 1.78. The molecule has 3 aromatic carbocycles. The fourth-order valence-electron chi connectivity index (χ4n) is 4.75. The first-order valence-electron chi connectivity index (χ1n) is 11.7. The number of pyridine rings is 1. The monoisotopic (exact) mass is 475 g/mol. The number of ether oxygens (including phenoxy) is 2. The van der Waals surface area contributed by atoms with Crippen molar-refractivity contribution in [3.8, 4) is 28.6 Å². The van der Waals surface area contributed by atoms with Crippen molar-refractivity contribution < 1.29 is 9.47 Å². The second-order valence-electron chi connectivity index (χ2n) is 8.53. The van der Waals surface area contributed by atoms with Crippen LogP contribution in [0.25, 0.3) is 39.1 Å². The van der Waals surface area contributed by atoms with Crippen molar-refractivity contribution in [1.29, 1.82) is 0 Å². The Hall–Kier alpha value is -4.78. The van der Waals surface area contributed by atoms with E-state index in [2.05, 4.69) is 22.8 Å². The molecule has 0 aliphatic heterocycles. The molecule has 3 aromatic heterocycles. The first kappa shape index (κ1) is 21.7. The minimum atomic E-state index is 0.545. The molecule has 0 bridgehead atoms. The lowest BCUT2D eigenvalue weighted by atomic mass is 10.2. The summed E-state index contributed by atoms with van der Waals surface area (Å²) in [6.45, 7) is 0.655. The van der Waals surface area contributed by atoms with E-state index < -0.39 is 0 Å². The Bertz CT molecular complexity index is 1680. The Morgan fingerprint density at radius 3 is 2.25 bits per heavy atom. The van der Waals surface area contributed by atoms with Gasteiger partial charge in [-0.3, -0.25) is 9.55 Å². The van der Waals surface area contributed by atoms with E-state index in [9.17, 15) is 0 Å². The van der Waals surface area contributed by atoms with Gasteiger partial charge >= 0.3 is 0 Å². The molecule has 0 fully saturated rings. The molecule has 0 atom stereocenters. The van der Waals surface area contributed by atoms with Gasteiger partial charge in [-0.25, -0.2) is 4.98 Å². The smallest absolute Gasteiger partial charge is 0.147 e. The van der Waals surface area contributed by atoms with Gasteiger partial charge in [0, 0.05) is 30.9 Å². The van der Waals surface area contributed by atoms with E-state index in [-0.39, 0.29) is 0 Å². The number of anilines is 1. The average Bonchev–Trinajstić information content (AvgIpc) is 3.42. The van der Waals surface area contributed by atoms with Gasteiger partial charge in [-0.05, 0) is 29.8 Å². The van der Waals surface area contributed by atoms with Crippen LogP contribution in [0.1, 0.15) is 5.56 Å². The van der Waals surface area contributed by atoms with Gasteiger partial charge in [-0.15, -0.1) is 0 Å². The van der Waals surface area contributed by atoms with Gasteiger partial charge in [-0.1, -0.05) is 42.5 Å². The van der Waals surface area contributed by atoms with E-state index in [4.69, 9.17) is 25.2 Å². The van der Waals surface area contributed by atoms with E-state index in [0.29, 0.717) is 23.9 Å². The van der Waals surface area contributed by atoms with Gasteiger partial charge in [0.15, 0.2) is 0 Å². The highest BCUT2D eigenvalue weighted by Crippen LogP contribution is 2.40. The number of imidazole rings is 1. The minimum Gasteiger partial charge on any atom is -0.497 e. The van der Waals surface area contributed by atoms with Crippen LogP contribution in [0.3, 0.4) is 0 Å². The number of methoxy groups -OCH3 is 2. The predicted molar refractivity (Wildman–Crippen MR) is 143 cm³/mol. The Labute approximate surface area is 208 Å². The molecule has 0 unspecified atom stereocenters. The Morgan fingerprint density at radius 1 is 0.806 bits per heavy atom. The summed E-state index contributed by atoms with van der Waals surface area (Å²) in [7, 11) is 3.27. The van der Waals surface area contributed by atoms with Crippen LogP contribution >= 0.6 is 0 Å². The van der Waals surface area contributed by atoms with Gasteiger partial charge < -0.3 is 19.8 Å². The molecule has 2 N–H and O–H groups in total. The van der Waals surface area contributed by atoms with Crippen molar-refractivity contribution in [3.63, 3.8) is 0 Å². The molecule has 0 aliphatic rings. The van der Waals surface area contributed by atoms with Crippen LogP contribution in [-0.2, 0) is 6.54 Å². The normalized spacial score (nSPS) is 11.3. The Kier molecular flexibility index (Phi) is 5.30. The minimum absolute atomic E-state index is 0.545. The van der Waals surface area contributed by atoms with Gasteiger partial charge in [0.05, 0.1) is 42.0 Å². The number of hydrogen-bond donors (Lipinski definition) is 1. The number of aromatic nitrogens is 4. The van der Waals surface area contributed by atoms with Gasteiger partial charge in [0.1, 0.15) is 28.7 Å². The third-order valence-electron chi connectivity index (χ3n) is 6.42. The number of nitrogen functional groups attached to an aromatic ring is 1. The molecule has 0 saturated heterocycles. The third-order valence-corrected chi connectivity index (χ3v) is 6.42. The predicted octanol–water partition coefficient (Wildman–Crippen LogP) is 5.69. The summed E-state index contributed by atoms with van der Waals surface area (Å²) in [5, 5.41) is 0. The van der Waals surface area contributed by atoms with E-state index in [1.807, 2.05) is 71.3 Å². The topological polar surface area (TPSA) is 80.1 Å². The number of fused-ring (bicyclic) bond motifs is 2. The zero-order valence-electron chi connectivity index (χ0n) is 20.1. The largest absolute Gasteiger partial charge is 0.497 e. The summed E-state index contributed by atoms with van der Waals surface area (Å²) in [5.74, 6) is 2.67. The molecule has 0 radical (unpaired) electrons. The summed E-state index contributed by atoms with van der Waals surface area (Å²) >= 11 is 0. The molecule has 3 heterocycles. The van der Waals surface area contributed by atoms with Gasteiger partial charge in [-0.2, -0.15) is 0 Å². The summed E-state index contributed by atoms with van der Waals surface area (Å²) in [5.41, 5.74) is 13.3. The van der Waals surface area contributed by atoms with E-state index in [1.165, 1.54) is 5.56 Å². The van der Waals surface area contributed by atoms with Crippen molar-refractivity contribution >= 4 is 27.9 Å². The molecular weight excluding hydrogens is 450 g/mol. The highest BCUT2D eigenvalue weighted by molar-refractivity contribution is 6.01. The number of benzene rings is 3. The zero-order chi connectivity index (χ0) is 24.6. The summed E-state index contributed by atoms with van der Waals surface area (Å²) < 4.78 is 15.2.